The van der Waals surface area contributed by atoms with Crippen LogP contribution in [-0.2, 0) is 16.0 Å². The van der Waals surface area contributed by atoms with Crippen molar-refractivity contribution in [3.63, 3.8) is 0 Å². The van der Waals surface area contributed by atoms with Crippen LogP contribution in [0.5, 0.6) is 0 Å². The first kappa shape index (κ1) is 19.4. The third kappa shape index (κ3) is 6.19. The molecule has 2 N–H and O–H groups in total. The lowest BCUT2D eigenvalue weighted by molar-refractivity contribution is -0.138. The molecule has 1 heterocycles. The predicted octanol–water partition coefficient (Wildman–Crippen LogP) is 2.21. The number of carbonyl (C=O) groups excluding carboxylic acids is 2. The number of rotatable bonds is 7. The fourth-order valence-corrected chi connectivity index (χ4v) is 1.96. The van der Waals surface area contributed by atoms with Crippen LogP contribution in [0.15, 0.2) is 34.9 Å². The highest BCUT2D eigenvalue weighted by Crippen LogP contribution is 2.23. The Hall–Kier alpha value is -2.91. The fraction of sp³-hybridized carbons (Fsp3) is 0.312. The minimum Gasteiger partial charge on any atom is -0.441 e. The molecule has 0 radical (unpaired) electrons. The molecule has 6 nitrogen and oxygen atoms in total. The molecule has 0 bridgehead atoms. The standard InChI is InChI=1S/C16H15F4N3O3/c17-11-4-2-1-3-10(11)12-7-22-15(26-12)6-5-13(24)21-8-14(25)23-9-16(18,19)20/h1-4,7H,5-6,8-9H2,(H,21,24)(H,23,25). The van der Waals surface area contributed by atoms with Crippen molar-refractivity contribution in [2.45, 2.75) is 19.0 Å². The van der Waals surface area contributed by atoms with Crippen molar-refractivity contribution in [2.75, 3.05) is 13.1 Å². The first-order valence-electron chi connectivity index (χ1n) is 7.54. The summed E-state index contributed by atoms with van der Waals surface area (Å²) in [4.78, 5) is 26.7. The van der Waals surface area contributed by atoms with Gasteiger partial charge in [-0.25, -0.2) is 9.37 Å². The topological polar surface area (TPSA) is 84.2 Å². The smallest absolute Gasteiger partial charge is 0.405 e. The lowest BCUT2D eigenvalue weighted by Crippen LogP contribution is -2.40. The fourth-order valence-electron chi connectivity index (χ4n) is 1.96. The summed E-state index contributed by atoms with van der Waals surface area (Å²) in [6, 6.07) is 5.96. The SMILES string of the molecule is O=C(CCc1ncc(-c2ccccc2F)o1)NCC(=O)NCC(F)(F)F. The molecule has 1 aromatic carbocycles. The number of oxazole rings is 1. The molecule has 0 saturated heterocycles. The second-order valence-corrected chi connectivity index (χ2v) is 5.27. The molecule has 2 rings (SSSR count). The highest BCUT2D eigenvalue weighted by molar-refractivity contribution is 5.84. The molecular formula is C16H15F4N3O3. The normalized spacial score (nSPS) is 11.2. The Bertz CT molecular complexity index is 774. The lowest BCUT2D eigenvalue weighted by atomic mass is 10.2. The van der Waals surface area contributed by atoms with Crippen molar-refractivity contribution in [1.82, 2.24) is 15.6 Å². The molecule has 0 aliphatic heterocycles. The summed E-state index contributed by atoms with van der Waals surface area (Å²) in [5.74, 6) is -1.57. The summed E-state index contributed by atoms with van der Waals surface area (Å²) >= 11 is 0. The maximum atomic E-state index is 13.7. The third-order valence-corrected chi connectivity index (χ3v) is 3.19. The average Bonchev–Trinajstić information content (AvgIpc) is 3.05. The molecule has 0 aliphatic rings. The van der Waals surface area contributed by atoms with Gasteiger partial charge < -0.3 is 15.1 Å². The Kier molecular flexibility index (Phi) is 6.31. The van der Waals surface area contributed by atoms with Crippen LogP contribution in [0.4, 0.5) is 17.6 Å². The number of nitrogens with one attached hydrogen (secondary N) is 2. The van der Waals surface area contributed by atoms with Crippen LogP contribution in [-0.4, -0.2) is 36.1 Å². The summed E-state index contributed by atoms with van der Waals surface area (Å²) in [6.07, 6.45) is -3.19. The number of nitrogens with zero attached hydrogens (tertiary/aromatic N) is 1. The molecule has 0 saturated carbocycles. The Morgan fingerprint density at radius 3 is 2.54 bits per heavy atom. The molecule has 0 atom stereocenters. The first-order valence-corrected chi connectivity index (χ1v) is 7.54. The van der Waals surface area contributed by atoms with E-state index in [9.17, 15) is 27.2 Å². The molecular weight excluding hydrogens is 358 g/mol. The third-order valence-electron chi connectivity index (χ3n) is 3.19. The maximum Gasteiger partial charge on any atom is 0.405 e. The number of aromatic nitrogens is 1. The Balaban J connectivity index is 1.76. The summed E-state index contributed by atoms with van der Waals surface area (Å²) in [6.45, 7) is -2.03. The van der Waals surface area contributed by atoms with Crippen LogP contribution in [0, 0.1) is 5.82 Å². The van der Waals surface area contributed by atoms with Gasteiger partial charge in [0, 0.05) is 12.8 Å². The van der Waals surface area contributed by atoms with Gasteiger partial charge in [0.2, 0.25) is 11.8 Å². The molecule has 10 heteroatoms. The zero-order chi connectivity index (χ0) is 19.2. The molecule has 0 unspecified atom stereocenters. The van der Waals surface area contributed by atoms with Crippen molar-refractivity contribution in [3.05, 3.63) is 42.2 Å². The zero-order valence-corrected chi connectivity index (χ0v) is 13.4. The minimum absolute atomic E-state index is 0.0878. The lowest BCUT2D eigenvalue weighted by Gasteiger charge is -2.08. The Morgan fingerprint density at radius 1 is 1.12 bits per heavy atom. The van der Waals surface area contributed by atoms with Crippen LogP contribution < -0.4 is 10.6 Å². The number of hydrogen-bond acceptors (Lipinski definition) is 4. The number of amides is 2. The van der Waals surface area contributed by atoms with E-state index in [4.69, 9.17) is 4.42 Å². The van der Waals surface area contributed by atoms with Crippen LogP contribution in [0.1, 0.15) is 12.3 Å². The average molecular weight is 373 g/mol. The second-order valence-electron chi connectivity index (χ2n) is 5.27. The van der Waals surface area contributed by atoms with E-state index in [0.717, 1.165) is 0 Å². The molecule has 2 amide bonds. The van der Waals surface area contributed by atoms with E-state index < -0.39 is 36.9 Å². The molecule has 26 heavy (non-hydrogen) atoms. The van der Waals surface area contributed by atoms with E-state index in [1.807, 2.05) is 0 Å². The van der Waals surface area contributed by atoms with Gasteiger partial charge in [-0.15, -0.1) is 0 Å². The van der Waals surface area contributed by atoms with Crippen LogP contribution in [0.25, 0.3) is 11.3 Å². The first-order chi connectivity index (χ1) is 12.2. The Morgan fingerprint density at radius 2 is 1.85 bits per heavy atom. The molecule has 0 fully saturated rings. The van der Waals surface area contributed by atoms with Gasteiger partial charge in [0.1, 0.15) is 12.4 Å². The van der Waals surface area contributed by atoms with Crippen molar-refractivity contribution in [3.8, 4) is 11.3 Å². The highest BCUT2D eigenvalue weighted by atomic mass is 19.4. The Labute approximate surface area is 145 Å². The van der Waals surface area contributed by atoms with E-state index in [1.165, 1.54) is 24.4 Å². The minimum atomic E-state index is -4.51. The van der Waals surface area contributed by atoms with Crippen LogP contribution in [0.3, 0.4) is 0 Å². The second kappa shape index (κ2) is 8.45. The molecule has 1 aromatic heterocycles. The summed E-state index contributed by atoms with van der Waals surface area (Å²) < 4.78 is 54.8. The van der Waals surface area contributed by atoms with Gasteiger partial charge in [-0.05, 0) is 12.1 Å². The summed E-state index contributed by atoms with van der Waals surface area (Å²) in [5, 5.41) is 3.82. The van der Waals surface area contributed by atoms with Gasteiger partial charge in [0.25, 0.3) is 0 Å². The van der Waals surface area contributed by atoms with Gasteiger partial charge >= 0.3 is 6.18 Å². The van der Waals surface area contributed by atoms with E-state index in [2.05, 4.69) is 10.3 Å². The van der Waals surface area contributed by atoms with Gasteiger partial charge in [0.15, 0.2) is 11.7 Å². The number of aryl methyl sites for hydroxylation is 1. The van der Waals surface area contributed by atoms with Gasteiger partial charge in [-0.1, -0.05) is 12.1 Å². The van der Waals surface area contributed by atoms with Crippen molar-refractivity contribution >= 4 is 11.8 Å². The molecule has 2 aromatic rings. The number of benzene rings is 1. The quantitative estimate of drug-likeness (QED) is 0.729. The van der Waals surface area contributed by atoms with Crippen molar-refractivity contribution < 1.29 is 31.6 Å². The van der Waals surface area contributed by atoms with Gasteiger partial charge in [0.05, 0.1) is 18.3 Å². The molecule has 0 spiro atoms. The maximum absolute atomic E-state index is 13.7. The largest absolute Gasteiger partial charge is 0.441 e. The van der Waals surface area contributed by atoms with Crippen molar-refractivity contribution in [1.29, 1.82) is 0 Å². The van der Waals surface area contributed by atoms with E-state index in [0.29, 0.717) is 0 Å². The number of alkyl halides is 3. The molecule has 140 valence electrons. The van der Waals surface area contributed by atoms with Crippen LogP contribution in [0.2, 0.25) is 0 Å². The van der Waals surface area contributed by atoms with Gasteiger partial charge in [-0.2, -0.15) is 13.2 Å². The van der Waals surface area contributed by atoms with Crippen molar-refractivity contribution in [2.24, 2.45) is 0 Å². The number of halogens is 4. The van der Waals surface area contributed by atoms with E-state index in [1.54, 1.807) is 11.4 Å². The highest BCUT2D eigenvalue weighted by Gasteiger charge is 2.27. The summed E-state index contributed by atoms with van der Waals surface area (Å²) in [5.41, 5.74) is 0.233. The molecule has 0 aliphatic carbocycles. The number of hydrogen-bond donors (Lipinski definition) is 2. The van der Waals surface area contributed by atoms with Gasteiger partial charge in [-0.3, -0.25) is 9.59 Å². The monoisotopic (exact) mass is 373 g/mol. The number of carbonyl (C=O) groups is 2. The van der Waals surface area contributed by atoms with E-state index >= 15 is 0 Å². The zero-order valence-electron chi connectivity index (χ0n) is 13.4. The van der Waals surface area contributed by atoms with Crippen LogP contribution >= 0.6 is 0 Å². The van der Waals surface area contributed by atoms with E-state index in [-0.39, 0.29) is 30.1 Å². The summed E-state index contributed by atoms with van der Waals surface area (Å²) in [7, 11) is 0. The predicted molar refractivity (Wildman–Crippen MR) is 82.3 cm³/mol.